The highest BCUT2D eigenvalue weighted by Crippen LogP contribution is 2.10. The second kappa shape index (κ2) is 7.71. The van der Waals surface area contributed by atoms with Crippen molar-refractivity contribution in [3.05, 3.63) is 20.8 Å². The summed E-state index contributed by atoms with van der Waals surface area (Å²) in [5.74, 6) is 0.0968. The molecule has 20 heavy (non-hydrogen) atoms. The van der Waals surface area contributed by atoms with Crippen molar-refractivity contribution in [2.45, 2.75) is 26.5 Å². The van der Waals surface area contributed by atoms with Gasteiger partial charge in [-0.15, -0.1) is 0 Å². The fourth-order valence-corrected chi connectivity index (χ4v) is 1.75. The number of hydrogen-bond acceptors (Lipinski definition) is 6. The van der Waals surface area contributed by atoms with Gasteiger partial charge in [-0.05, 0) is 13.8 Å². The number of aromatic nitrogens is 2. The summed E-state index contributed by atoms with van der Waals surface area (Å²) in [5, 5.41) is 2.92. The van der Waals surface area contributed by atoms with Crippen LogP contribution in [0.15, 0.2) is 9.59 Å². The molecule has 0 spiro atoms. The molecule has 0 aliphatic rings. The molecule has 8 heteroatoms. The Balaban J connectivity index is 2.95. The molecule has 1 aromatic heterocycles. The third kappa shape index (κ3) is 4.10. The van der Waals surface area contributed by atoms with Gasteiger partial charge in [0.1, 0.15) is 11.5 Å². The number of hydrogen-bond donors (Lipinski definition) is 3. The van der Waals surface area contributed by atoms with Crippen molar-refractivity contribution >= 4 is 11.5 Å². The Morgan fingerprint density at radius 1 is 1.45 bits per heavy atom. The lowest BCUT2D eigenvalue weighted by atomic mass is 10.3. The Morgan fingerprint density at radius 2 is 2.15 bits per heavy atom. The number of nitrogen functional groups attached to an aromatic ring is 1. The molecule has 0 aliphatic carbocycles. The van der Waals surface area contributed by atoms with Gasteiger partial charge < -0.3 is 20.5 Å². The summed E-state index contributed by atoms with van der Waals surface area (Å²) in [6.07, 6.45) is -0.0712. The molecule has 0 saturated heterocycles. The number of H-pyrrole nitrogens is 1. The van der Waals surface area contributed by atoms with E-state index in [1.807, 2.05) is 13.8 Å². The molecule has 1 aromatic rings. The van der Waals surface area contributed by atoms with Crippen LogP contribution in [-0.2, 0) is 16.0 Å². The summed E-state index contributed by atoms with van der Waals surface area (Å²) >= 11 is 0. The average Bonchev–Trinajstić information content (AvgIpc) is 2.38. The third-order valence-electron chi connectivity index (χ3n) is 2.78. The molecule has 1 atom stereocenters. The van der Waals surface area contributed by atoms with Crippen LogP contribution in [-0.4, -0.2) is 42.5 Å². The highest BCUT2D eigenvalue weighted by molar-refractivity contribution is 5.60. The molecule has 8 nitrogen and oxygen atoms in total. The molecule has 0 saturated carbocycles. The summed E-state index contributed by atoms with van der Waals surface area (Å²) in [6, 6.07) is 0. The molecular formula is C12H22N4O4. The molecule has 0 amide bonds. The summed E-state index contributed by atoms with van der Waals surface area (Å²) in [5.41, 5.74) is 4.96. The number of nitrogens with two attached hydrogens (primary N) is 1. The molecule has 114 valence electrons. The van der Waals surface area contributed by atoms with Crippen molar-refractivity contribution < 1.29 is 9.47 Å². The molecule has 0 fully saturated rings. The monoisotopic (exact) mass is 286 g/mol. The van der Waals surface area contributed by atoms with E-state index in [0.29, 0.717) is 19.8 Å². The number of methoxy groups -OCH3 is 1. The normalized spacial score (nSPS) is 12.3. The van der Waals surface area contributed by atoms with E-state index in [4.69, 9.17) is 15.2 Å². The molecular weight excluding hydrogens is 264 g/mol. The number of ether oxygens (including phenoxy) is 2. The van der Waals surface area contributed by atoms with E-state index in [2.05, 4.69) is 10.3 Å². The number of rotatable bonds is 8. The largest absolute Gasteiger partial charge is 0.383 e. The molecule has 1 unspecified atom stereocenters. The predicted molar refractivity (Wildman–Crippen MR) is 77.2 cm³/mol. The van der Waals surface area contributed by atoms with Crippen LogP contribution in [0.2, 0.25) is 0 Å². The van der Waals surface area contributed by atoms with Crippen LogP contribution >= 0.6 is 0 Å². The minimum Gasteiger partial charge on any atom is -0.383 e. The lowest BCUT2D eigenvalue weighted by molar-refractivity contribution is 0.0855. The minimum atomic E-state index is -0.548. The number of aromatic amines is 1. The summed E-state index contributed by atoms with van der Waals surface area (Å²) < 4.78 is 11.5. The summed E-state index contributed by atoms with van der Waals surface area (Å²) in [7, 11) is 1.52. The highest BCUT2D eigenvalue weighted by atomic mass is 16.5. The van der Waals surface area contributed by atoms with Gasteiger partial charge in [-0.2, -0.15) is 0 Å². The van der Waals surface area contributed by atoms with Gasteiger partial charge in [-0.1, -0.05) is 0 Å². The van der Waals surface area contributed by atoms with Gasteiger partial charge in [0.25, 0.3) is 5.56 Å². The average molecular weight is 286 g/mol. The molecule has 0 aromatic carbocycles. The van der Waals surface area contributed by atoms with Gasteiger partial charge in [-0.25, -0.2) is 4.79 Å². The van der Waals surface area contributed by atoms with E-state index in [1.165, 1.54) is 11.7 Å². The maximum absolute atomic E-state index is 11.8. The van der Waals surface area contributed by atoms with Crippen LogP contribution in [0.5, 0.6) is 0 Å². The van der Waals surface area contributed by atoms with Crippen LogP contribution in [0.1, 0.15) is 13.8 Å². The van der Waals surface area contributed by atoms with E-state index in [-0.39, 0.29) is 24.2 Å². The molecule has 0 bridgehead atoms. The summed E-state index contributed by atoms with van der Waals surface area (Å²) in [6.45, 7) is 5.37. The van der Waals surface area contributed by atoms with Crippen molar-refractivity contribution in [3.8, 4) is 0 Å². The molecule has 1 heterocycles. The third-order valence-corrected chi connectivity index (χ3v) is 2.78. The van der Waals surface area contributed by atoms with Crippen molar-refractivity contribution in [2.24, 2.45) is 0 Å². The Kier molecular flexibility index (Phi) is 6.26. The molecule has 0 aliphatic heterocycles. The first-order valence-corrected chi connectivity index (χ1v) is 6.48. The standard InChI is InChI=1S/C12H22N4O4/c1-4-20-8(2)7-14-9-10(13)16(5-6-19-3)12(18)15-11(9)17/h8,14H,4-7,13H2,1-3H3,(H,15,17,18). The first kappa shape index (κ1) is 16.3. The second-order valence-electron chi connectivity index (χ2n) is 4.31. The molecule has 1 rings (SSSR count). The zero-order valence-corrected chi connectivity index (χ0v) is 12.1. The van der Waals surface area contributed by atoms with Gasteiger partial charge >= 0.3 is 5.69 Å². The number of nitrogens with one attached hydrogen (secondary N) is 2. The fourth-order valence-electron chi connectivity index (χ4n) is 1.75. The van der Waals surface area contributed by atoms with E-state index in [9.17, 15) is 9.59 Å². The maximum atomic E-state index is 11.8. The van der Waals surface area contributed by atoms with Crippen LogP contribution in [0.25, 0.3) is 0 Å². The van der Waals surface area contributed by atoms with Gasteiger partial charge in [0.15, 0.2) is 0 Å². The smallest absolute Gasteiger partial charge is 0.330 e. The first-order valence-electron chi connectivity index (χ1n) is 6.48. The van der Waals surface area contributed by atoms with Gasteiger partial charge in [0.05, 0.1) is 19.3 Å². The van der Waals surface area contributed by atoms with Gasteiger partial charge in [0, 0.05) is 20.3 Å². The maximum Gasteiger partial charge on any atom is 0.330 e. The predicted octanol–water partition coefficient (Wildman–Crippen LogP) is -0.398. The molecule has 4 N–H and O–H groups in total. The second-order valence-corrected chi connectivity index (χ2v) is 4.31. The quantitative estimate of drug-likeness (QED) is 0.599. The highest BCUT2D eigenvalue weighted by Gasteiger charge is 2.12. The van der Waals surface area contributed by atoms with Crippen LogP contribution in [0, 0.1) is 0 Å². The minimum absolute atomic E-state index is 0.0712. The Hall–Kier alpha value is -1.80. The van der Waals surface area contributed by atoms with Crippen molar-refractivity contribution in [2.75, 3.05) is 37.9 Å². The van der Waals surface area contributed by atoms with Crippen LogP contribution in [0.3, 0.4) is 0 Å². The Morgan fingerprint density at radius 3 is 2.75 bits per heavy atom. The Labute approximate surface area is 116 Å². The fraction of sp³-hybridized carbons (Fsp3) is 0.667. The van der Waals surface area contributed by atoms with E-state index < -0.39 is 11.2 Å². The van der Waals surface area contributed by atoms with Crippen molar-refractivity contribution in [1.82, 2.24) is 9.55 Å². The number of nitrogens with zero attached hydrogens (tertiary/aromatic N) is 1. The zero-order chi connectivity index (χ0) is 15.1. The lowest BCUT2D eigenvalue weighted by Crippen LogP contribution is -2.36. The van der Waals surface area contributed by atoms with E-state index in [1.54, 1.807) is 0 Å². The van der Waals surface area contributed by atoms with Gasteiger partial charge in [-0.3, -0.25) is 14.3 Å². The Bertz CT molecular complexity index is 537. The van der Waals surface area contributed by atoms with Crippen LogP contribution in [0.4, 0.5) is 11.5 Å². The van der Waals surface area contributed by atoms with E-state index in [0.717, 1.165) is 0 Å². The summed E-state index contributed by atoms with van der Waals surface area (Å²) in [4.78, 5) is 25.7. The SMILES string of the molecule is CCOC(C)CNc1c(N)n(CCOC)c(=O)[nH]c1=O. The van der Waals surface area contributed by atoms with Gasteiger partial charge in [0.2, 0.25) is 0 Å². The lowest BCUT2D eigenvalue weighted by Gasteiger charge is -2.16. The molecule has 0 radical (unpaired) electrons. The van der Waals surface area contributed by atoms with Crippen LogP contribution < -0.4 is 22.3 Å². The first-order chi connectivity index (χ1) is 9.51. The number of anilines is 2. The van der Waals surface area contributed by atoms with Crippen molar-refractivity contribution in [3.63, 3.8) is 0 Å². The zero-order valence-electron chi connectivity index (χ0n) is 12.1. The van der Waals surface area contributed by atoms with E-state index >= 15 is 0 Å². The van der Waals surface area contributed by atoms with Crippen molar-refractivity contribution in [1.29, 1.82) is 0 Å². The topological polar surface area (TPSA) is 111 Å².